The van der Waals surface area contributed by atoms with Crippen LogP contribution < -0.4 is 9.64 Å². The van der Waals surface area contributed by atoms with Crippen LogP contribution in [0.15, 0.2) is 47.8 Å². The van der Waals surface area contributed by atoms with Crippen molar-refractivity contribution in [1.82, 2.24) is 4.98 Å². The Morgan fingerprint density at radius 3 is 2.90 bits per heavy atom. The predicted octanol–water partition coefficient (Wildman–Crippen LogP) is 5.20. The second kappa shape index (κ2) is 9.08. The first-order valence-electron chi connectivity index (χ1n) is 9.96. The number of hydrogen-bond donors (Lipinski definition) is 0. The summed E-state index contributed by atoms with van der Waals surface area (Å²) >= 11 is 7.80. The van der Waals surface area contributed by atoms with Crippen molar-refractivity contribution >= 4 is 40.5 Å². The van der Waals surface area contributed by atoms with Crippen LogP contribution in [0.3, 0.4) is 0 Å². The Balaban J connectivity index is 1.68. The highest BCUT2D eigenvalue weighted by Gasteiger charge is 2.34. The molecule has 0 N–H and O–H groups in total. The molecule has 1 atom stereocenters. The van der Waals surface area contributed by atoms with Crippen molar-refractivity contribution in [3.05, 3.63) is 52.9 Å². The molecule has 1 amide bonds. The molecule has 0 fully saturated rings. The third kappa shape index (κ3) is 4.29. The number of amides is 1. The van der Waals surface area contributed by atoms with Crippen LogP contribution in [-0.4, -0.2) is 36.1 Å². The SMILES string of the molecule is CCCOC(=O)C(C)N1C(=O)COc2ccc(-c3csc(-c4ccccc4Cl)n3)cc21. The summed E-state index contributed by atoms with van der Waals surface area (Å²) < 4.78 is 10.8. The number of carbonyl (C=O) groups is 2. The topological polar surface area (TPSA) is 68.7 Å². The van der Waals surface area contributed by atoms with E-state index in [9.17, 15) is 9.59 Å². The number of hydrogen-bond acceptors (Lipinski definition) is 6. The number of nitrogens with zero attached hydrogens (tertiary/aromatic N) is 2. The lowest BCUT2D eigenvalue weighted by Crippen LogP contribution is -2.48. The van der Waals surface area contributed by atoms with E-state index in [0.29, 0.717) is 29.5 Å². The van der Waals surface area contributed by atoms with Gasteiger partial charge in [-0.15, -0.1) is 11.3 Å². The zero-order valence-corrected chi connectivity index (χ0v) is 18.7. The Labute approximate surface area is 189 Å². The highest BCUT2D eigenvalue weighted by molar-refractivity contribution is 7.13. The van der Waals surface area contributed by atoms with Gasteiger partial charge in [0.2, 0.25) is 0 Å². The van der Waals surface area contributed by atoms with Gasteiger partial charge in [0.1, 0.15) is 16.8 Å². The van der Waals surface area contributed by atoms with E-state index in [1.54, 1.807) is 13.0 Å². The van der Waals surface area contributed by atoms with E-state index in [2.05, 4.69) is 0 Å². The van der Waals surface area contributed by atoms with Gasteiger partial charge >= 0.3 is 5.97 Å². The van der Waals surface area contributed by atoms with Gasteiger partial charge in [-0.3, -0.25) is 9.69 Å². The number of benzene rings is 2. The zero-order valence-electron chi connectivity index (χ0n) is 17.1. The van der Waals surface area contributed by atoms with Crippen molar-refractivity contribution in [3.8, 4) is 27.6 Å². The van der Waals surface area contributed by atoms with Crippen LogP contribution >= 0.6 is 22.9 Å². The summed E-state index contributed by atoms with van der Waals surface area (Å²) in [5.41, 5.74) is 2.96. The zero-order chi connectivity index (χ0) is 22.0. The lowest BCUT2D eigenvalue weighted by molar-refractivity contribution is -0.146. The summed E-state index contributed by atoms with van der Waals surface area (Å²) in [5, 5.41) is 3.38. The molecule has 0 aliphatic carbocycles. The molecule has 2 heterocycles. The van der Waals surface area contributed by atoms with Crippen molar-refractivity contribution in [2.24, 2.45) is 0 Å². The van der Waals surface area contributed by atoms with E-state index in [-0.39, 0.29) is 12.5 Å². The minimum absolute atomic E-state index is 0.120. The van der Waals surface area contributed by atoms with Crippen LogP contribution in [-0.2, 0) is 14.3 Å². The fourth-order valence-electron chi connectivity index (χ4n) is 3.35. The fraction of sp³-hybridized carbons (Fsp3) is 0.261. The molecule has 1 aliphatic heterocycles. The number of fused-ring (bicyclic) bond motifs is 1. The first-order chi connectivity index (χ1) is 15.0. The average molecular weight is 457 g/mol. The van der Waals surface area contributed by atoms with Gasteiger partial charge in [-0.1, -0.05) is 36.7 Å². The van der Waals surface area contributed by atoms with Crippen molar-refractivity contribution < 1.29 is 19.1 Å². The van der Waals surface area contributed by atoms with Gasteiger partial charge < -0.3 is 9.47 Å². The monoisotopic (exact) mass is 456 g/mol. The summed E-state index contributed by atoms with van der Waals surface area (Å²) in [7, 11) is 0. The van der Waals surface area contributed by atoms with Crippen molar-refractivity contribution in [3.63, 3.8) is 0 Å². The molecule has 31 heavy (non-hydrogen) atoms. The molecule has 0 saturated carbocycles. The summed E-state index contributed by atoms with van der Waals surface area (Å²) in [6.45, 7) is 3.78. The van der Waals surface area contributed by atoms with Crippen LogP contribution in [0, 0.1) is 0 Å². The molecule has 1 unspecified atom stereocenters. The van der Waals surface area contributed by atoms with Crippen LogP contribution in [0.4, 0.5) is 5.69 Å². The van der Waals surface area contributed by atoms with Crippen molar-refractivity contribution in [1.29, 1.82) is 0 Å². The maximum atomic E-state index is 12.6. The molecule has 6 nitrogen and oxygen atoms in total. The van der Waals surface area contributed by atoms with E-state index in [4.69, 9.17) is 26.1 Å². The lowest BCUT2D eigenvalue weighted by Gasteiger charge is -2.33. The quantitative estimate of drug-likeness (QED) is 0.477. The smallest absolute Gasteiger partial charge is 0.328 e. The number of aromatic nitrogens is 1. The van der Waals surface area contributed by atoms with Crippen LogP contribution in [0.2, 0.25) is 5.02 Å². The lowest BCUT2D eigenvalue weighted by atomic mass is 10.1. The molecule has 0 spiro atoms. The number of rotatable bonds is 6. The highest BCUT2D eigenvalue weighted by Crippen LogP contribution is 2.39. The number of carbonyl (C=O) groups excluding carboxylic acids is 2. The second-order valence-corrected chi connectivity index (χ2v) is 8.36. The van der Waals surface area contributed by atoms with Gasteiger partial charge in [-0.25, -0.2) is 9.78 Å². The molecule has 0 saturated heterocycles. The van der Waals surface area contributed by atoms with Crippen molar-refractivity contribution in [2.45, 2.75) is 26.3 Å². The molecule has 8 heteroatoms. The largest absolute Gasteiger partial charge is 0.482 e. The first-order valence-corrected chi connectivity index (χ1v) is 11.2. The van der Waals surface area contributed by atoms with E-state index < -0.39 is 12.0 Å². The Morgan fingerprint density at radius 2 is 2.13 bits per heavy atom. The Hall–Kier alpha value is -2.90. The summed E-state index contributed by atoms with van der Waals surface area (Å²) in [6.07, 6.45) is 0.716. The Morgan fingerprint density at radius 1 is 1.32 bits per heavy atom. The van der Waals surface area contributed by atoms with Gasteiger partial charge in [0.05, 0.1) is 23.0 Å². The highest BCUT2D eigenvalue weighted by atomic mass is 35.5. The molecule has 1 aromatic heterocycles. The van der Waals surface area contributed by atoms with E-state index in [0.717, 1.165) is 21.8 Å². The van der Waals surface area contributed by atoms with E-state index >= 15 is 0 Å². The van der Waals surface area contributed by atoms with Gasteiger partial charge in [-0.2, -0.15) is 0 Å². The number of anilines is 1. The Kier molecular flexibility index (Phi) is 6.25. The van der Waals surface area contributed by atoms with Crippen LogP contribution in [0.1, 0.15) is 20.3 Å². The Bertz CT molecular complexity index is 1130. The number of thiazole rings is 1. The third-order valence-electron chi connectivity index (χ3n) is 4.92. The summed E-state index contributed by atoms with van der Waals surface area (Å²) in [5.74, 6) is -0.191. The minimum atomic E-state index is -0.758. The summed E-state index contributed by atoms with van der Waals surface area (Å²) in [6, 6.07) is 12.3. The molecule has 1 aliphatic rings. The number of halogens is 1. The first kappa shape index (κ1) is 21.3. The molecular weight excluding hydrogens is 436 g/mol. The molecule has 0 bridgehead atoms. The molecule has 0 radical (unpaired) electrons. The second-order valence-electron chi connectivity index (χ2n) is 7.10. The molecule has 160 valence electrons. The molecule has 2 aromatic carbocycles. The van der Waals surface area contributed by atoms with E-state index in [1.807, 2.05) is 48.7 Å². The average Bonchev–Trinajstić information content (AvgIpc) is 3.27. The number of esters is 1. The normalized spacial score (nSPS) is 14.0. The van der Waals surface area contributed by atoms with Gasteiger partial charge in [0, 0.05) is 16.5 Å². The van der Waals surface area contributed by atoms with Gasteiger partial charge in [0.15, 0.2) is 6.61 Å². The van der Waals surface area contributed by atoms with Crippen LogP contribution in [0.25, 0.3) is 21.8 Å². The molecule has 3 aromatic rings. The maximum Gasteiger partial charge on any atom is 0.328 e. The minimum Gasteiger partial charge on any atom is -0.482 e. The third-order valence-corrected chi connectivity index (χ3v) is 6.12. The van der Waals surface area contributed by atoms with Crippen LogP contribution in [0.5, 0.6) is 5.75 Å². The number of ether oxygens (including phenoxy) is 2. The van der Waals surface area contributed by atoms with E-state index in [1.165, 1.54) is 16.2 Å². The molecule has 4 rings (SSSR count). The maximum absolute atomic E-state index is 12.6. The summed E-state index contributed by atoms with van der Waals surface area (Å²) in [4.78, 5) is 31.2. The predicted molar refractivity (Wildman–Crippen MR) is 122 cm³/mol. The van der Waals surface area contributed by atoms with Gasteiger partial charge in [-0.05, 0) is 37.6 Å². The standard InChI is InChI=1S/C23H21ClN2O4S/c1-3-10-29-23(28)14(2)26-19-11-15(8-9-20(19)30-12-21(26)27)18-13-31-22(25-18)16-6-4-5-7-17(16)24/h4-9,11,13-14H,3,10,12H2,1-2H3. The van der Waals surface area contributed by atoms with Crippen molar-refractivity contribution in [2.75, 3.05) is 18.1 Å². The van der Waals surface area contributed by atoms with Gasteiger partial charge in [0.25, 0.3) is 5.91 Å². The fourth-order valence-corrected chi connectivity index (χ4v) is 4.50. The molecular formula is C23H21ClN2O4S.